The largest absolute Gasteiger partial charge is 0.337 e. The molecule has 3 rings (SSSR count). The molecule has 3 heterocycles. The SMILES string of the molecule is Cc1noc(CN2C(=O)NC3(CCSC3)C2=O)n1. The van der Waals surface area contributed by atoms with Crippen LogP contribution in [0.25, 0.3) is 0 Å². The fraction of sp³-hybridized carbons (Fsp3) is 0.600. The van der Waals surface area contributed by atoms with Crippen LogP contribution in [-0.2, 0) is 11.3 Å². The fourth-order valence-electron chi connectivity index (χ4n) is 2.19. The van der Waals surface area contributed by atoms with Gasteiger partial charge in [0.25, 0.3) is 5.91 Å². The van der Waals surface area contributed by atoms with E-state index in [-0.39, 0.29) is 24.4 Å². The van der Waals surface area contributed by atoms with E-state index in [9.17, 15) is 9.59 Å². The number of carbonyl (C=O) groups is 2. The summed E-state index contributed by atoms with van der Waals surface area (Å²) in [7, 11) is 0. The first-order valence-corrected chi connectivity index (χ1v) is 6.77. The quantitative estimate of drug-likeness (QED) is 0.776. The highest BCUT2D eigenvalue weighted by Crippen LogP contribution is 2.33. The molecule has 3 amide bonds. The average Bonchev–Trinajstić information content (AvgIpc) is 2.99. The average molecular weight is 268 g/mol. The summed E-state index contributed by atoms with van der Waals surface area (Å²) < 4.78 is 4.93. The maximum Gasteiger partial charge on any atom is 0.325 e. The van der Waals surface area contributed by atoms with E-state index in [0.717, 1.165) is 10.7 Å². The topological polar surface area (TPSA) is 88.3 Å². The number of hydrogen-bond donors (Lipinski definition) is 1. The van der Waals surface area contributed by atoms with Crippen molar-refractivity contribution in [2.45, 2.75) is 25.4 Å². The Morgan fingerprint density at radius 3 is 3.00 bits per heavy atom. The van der Waals surface area contributed by atoms with E-state index in [1.165, 1.54) is 0 Å². The van der Waals surface area contributed by atoms with Gasteiger partial charge < -0.3 is 9.84 Å². The molecule has 2 saturated heterocycles. The summed E-state index contributed by atoms with van der Waals surface area (Å²) in [6.45, 7) is 1.73. The van der Waals surface area contributed by atoms with E-state index in [1.807, 2.05) is 0 Å². The summed E-state index contributed by atoms with van der Waals surface area (Å²) in [5, 5.41) is 6.42. The molecule has 2 aliphatic rings. The summed E-state index contributed by atoms with van der Waals surface area (Å²) in [5.74, 6) is 2.10. The van der Waals surface area contributed by atoms with Crippen LogP contribution in [0, 0.1) is 6.92 Å². The van der Waals surface area contributed by atoms with Crippen LogP contribution in [0.5, 0.6) is 0 Å². The minimum atomic E-state index is -0.711. The van der Waals surface area contributed by atoms with Gasteiger partial charge >= 0.3 is 6.03 Å². The van der Waals surface area contributed by atoms with Crippen LogP contribution >= 0.6 is 11.8 Å². The van der Waals surface area contributed by atoms with Gasteiger partial charge in [0, 0.05) is 5.75 Å². The molecule has 2 fully saturated rings. The number of nitrogens with zero attached hydrogens (tertiary/aromatic N) is 3. The second-order valence-electron chi connectivity index (χ2n) is 4.44. The van der Waals surface area contributed by atoms with Crippen LogP contribution in [0.1, 0.15) is 18.1 Å². The second-order valence-corrected chi connectivity index (χ2v) is 5.55. The van der Waals surface area contributed by atoms with E-state index in [4.69, 9.17) is 4.52 Å². The number of thioether (sulfide) groups is 1. The first-order chi connectivity index (χ1) is 8.61. The van der Waals surface area contributed by atoms with Crippen molar-refractivity contribution < 1.29 is 14.1 Å². The van der Waals surface area contributed by atoms with Gasteiger partial charge in [-0.15, -0.1) is 0 Å². The third-order valence-corrected chi connectivity index (χ3v) is 4.32. The van der Waals surface area contributed by atoms with Gasteiger partial charge in [-0.3, -0.25) is 9.69 Å². The Morgan fingerprint density at radius 1 is 1.56 bits per heavy atom. The smallest absolute Gasteiger partial charge is 0.325 e. The van der Waals surface area contributed by atoms with Crippen molar-refractivity contribution in [3.8, 4) is 0 Å². The highest BCUT2D eigenvalue weighted by Gasteiger charge is 2.53. The first-order valence-electron chi connectivity index (χ1n) is 5.62. The van der Waals surface area contributed by atoms with Crippen LogP contribution in [0.2, 0.25) is 0 Å². The molecule has 0 bridgehead atoms. The molecule has 8 heteroatoms. The lowest BCUT2D eigenvalue weighted by Crippen LogP contribution is -2.46. The lowest BCUT2D eigenvalue weighted by molar-refractivity contribution is -0.131. The van der Waals surface area contributed by atoms with E-state index < -0.39 is 5.54 Å². The molecule has 2 aliphatic heterocycles. The first kappa shape index (κ1) is 11.5. The second kappa shape index (κ2) is 3.98. The number of carbonyl (C=O) groups excluding carboxylic acids is 2. The van der Waals surface area contributed by atoms with Crippen molar-refractivity contribution in [3.63, 3.8) is 0 Å². The number of urea groups is 1. The molecule has 1 aromatic rings. The third kappa shape index (κ3) is 1.67. The molecule has 7 nitrogen and oxygen atoms in total. The Kier molecular flexibility index (Phi) is 2.54. The summed E-state index contributed by atoms with van der Waals surface area (Å²) in [4.78, 5) is 29.3. The van der Waals surface area contributed by atoms with Crippen molar-refractivity contribution in [3.05, 3.63) is 11.7 Å². The number of imide groups is 1. The number of aromatic nitrogens is 2. The highest BCUT2D eigenvalue weighted by atomic mass is 32.2. The van der Waals surface area contributed by atoms with Crippen LogP contribution in [-0.4, -0.2) is 44.0 Å². The van der Waals surface area contributed by atoms with Crippen molar-refractivity contribution in [2.24, 2.45) is 0 Å². The molecular weight excluding hydrogens is 256 g/mol. The van der Waals surface area contributed by atoms with Gasteiger partial charge in [0.2, 0.25) is 5.89 Å². The monoisotopic (exact) mass is 268 g/mol. The van der Waals surface area contributed by atoms with E-state index >= 15 is 0 Å². The zero-order valence-electron chi connectivity index (χ0n) is 9.80. The lowest BCUT2D eigenvalue weighted by Gasteiger charge is -2.18. The zero-order valence-corrected chi connectivity index (χ0v) is 10.6. The third-order valence-electron chi connectivity index (χ3n) is 3.13. The predicted octanol–water partition coefficient (Wildman–Crippen LogP) is 0.306. The molecular formula is C10H12N4O3S. The number of amides is 3. The van der Waals surface area contributed by atoms with Crippen molar-refractivity contribution in [2.75, 3.05) is 11.5 Å². The zero-order chi connectivity index (χ0) is 12.8. The van der Waals surface area contributed by atoms with Crippen LogP contribution in [0.4, 0.5) is 4.79 Å². The van der Waals surface area contributed by atoms with Gasteiger partial charge in [0.05, 0.1) is 0 Å². The Morgan fingerprint density at radius 2 is 2.39 bits per heavy atom. The van der Waals surface area contributed by atoms with Gasteiger partial charge in [-0.2, -0.15) is 16.7 Å². The lowest BCUT2D eigenvalue weighted by atomic mass is 9.99. The Bertz CT molecular complexity index is 509. The minimum Gasteiger partial charge on any atom is -0.337 e. The van der Waals surface area contributed by atoms with E-state index in [2.05, 4.69) is 15.5 Å². The van der Waals surface area contributed by atoms with Gasteiger partial charge in [0.15, 0.2) is 5.82 Å². The molecule has 96 valence electrons. The van der Waals surface area contributed by atoms with Gasteiger partial charge in [-0.1, -0.05) is 5.16 Å². The number of nitrogens with one attached hydrogen (secondary N) is 1. The number of hydrogen-bond acceptors (Lipinski definition) is 6. The van der Waals surface area contributed by atoms with Crippen molar-refractivity contribution in [1.29, 1.82) is 0 Å². The Balaban J connectivity index is 1.80. The van der Waals surface area contributed by atoms with Gasteiger partial charge in [0.1, 0.15) is 12.1 Å². The number of rotatable bonds is 2. The van der Waals surface area contributed by atoms with Gasteiger partial charge in [-0.25, -0.2) is 4.79 Å². The molecule has 1 spiro atoms. The molecule has 1 N–H and O–H groups in total. The molecule has 1 aromatic heterocycles. The summed E-state index contributed by atoms with van der Waals surface area (Å²) >= 11 is 1.67. The number of aryl methyl sites for hydroxylation is 1. The maximum absolute atomic E-state index is 12.3. The summed E-state index contributed by atoms with van der Waals surface area (Å²) in [6, 6.07) is -0.377. The fourth-order valence-corrected chi connectivity index (χ4v) is 3.52. The van der Waals surface area contributed by atoms with Crippen molar-refractivity contribution in [1.82, 2.24) is 20.4 Å². The highest BCUT2D eigenvalue weighted by molar-refractivity contribution is 7.99. The molecule has 0 aliphatic carbocycles. The maximum atomic E-state index is 12.3. The molecule has 1 atom stereocenters. The molecule has 0 radical (unpaired) electrons. The summed E-state index contributed by atoms with van der Waals surface area (Å²) in [6.07, 6.45) is 0.682. The van der Waals surface area contributed by atoms with Crippen LogP contribution in [0.15, 0.2) is 4.52 Å². The standard InChI is InChI=1S/C10H12N4O3S/c1-6-11-7(17-13-6)4-14-8(15)10(12-9(14)16)2-3-18-5-10/h2-5H2,1H3,(H,12,16). The van der Waals surface area contributed by atoms with Crippen LogP contribution in [0.3, 0.4) is 0 Å². The molecule has 0 saturated carbocycles. The van der Waals surface area contributed by atoms with Crippen molar-refractivity contribution >= 4 is 23.7 Å². The van der Waals surface area contributed by atoms with Crippen LogP contribution < -0.4 is 5.32 Å². The molecule has 18 heavy (non-hydrogen) atoms. The summed E-state index contributed by atoms with van der Waals surface area (Å²) in [5.41, 5.74) is -0.711. The Labute approximate surface area is 107 Å². The normalized spacial score (nSPS) is 27.3. The Hall–Kier alpha value is -1.57. The molecule has 0 aromatic carbocycles. The predicted molar refractivity (Wildman–Crippen MR) is 62.8 cm³/mol. The van der Waals surface area contributed by atoms with E-state index in [1.54, 1.807) is 18.7 Å². The minimum absolute atomic E-state index is 0.0396. The van der Waals surface area contributed by atoms with Gasteiger partial charge in [-0.05, 0) is 19.1 Å². The van der Waals surface area contributed by atoms with E-state index in [0.29, 0.717) is 18.0 Å². The molecule has 1 unspecified atom stereocenters.